The molecule has 1 aromatic rings. The van der Waals surface area contributed by atoms with Crippen molar-refractivity contribution in [2.75, 3.05) is 13.6 Å². The van der Waals surface area contributed by atoms with Gasteiger partial charge in [0.25, 0.3) is 5.91 Å². The zero-order valence-corrected chi connectivity index (χ0v) is 10.4. The largest absolute Gasteiger partial charge is 0.481 e. The molecule has 1 atom stereocenters. The molecule has 0 bridgehead atoms. The van der Waals surface area contributed by atoms with Crippen molar-refractivity contribution in [2.24, 2.45) is 5.92 Å². The average Bonchev–Trinajstić information content (AvgIpc) is 2.28. The normalized spacial score (nSPS) is 11.9. The molecule has 1 rings (SSSR count). The number of hydrogen-bond donors (Lipinski definition) is 1. The van der Waals surface area contributed by atoms with Gasteiger partial charge in [-0.25, -0.2) is 0 Å². The highest BCUT2D eigenvalue weighted by atomic mass is 35.5. The molecular weight excluding hydrogens is 242 g/mol. The third-order valence-corrected chi connectivity index (χ3v) is 2.75. The molecule has 4 nitrogen and oxygen atoms in total. The molecule has 0 aromatic heterocycles. The molecule has 0 aliphatic carbocycles. The number of carbonyl (C=O) groups excluding carboxylic acids is 1. The number of amides is 1. The van der Waals surface area contributed by atoms with E-state index in [9.17, 15) is 9.59 Å². The monoisotopic (exact) mass is 255 g/mol. The van der Waals surface area contributed by atoms with Crippen LogP contribution in [-0.2, 0) is 4.79 Å². The standard InChI is InChI=1S/C12H14ClNO3/c1-8(12(16)17)7-14(2)11(15)9-5-3-4-6-10(9)13/h3-6,8H,7H2,1-2H3,(H,16,17). The van der Waals surface area contributed by atoms with Gasteiger partial charge >= 0.3 is 5.97 Å². The molecule has 1 amide bonds. The molecule has 0 heterocycles. The Hall–Kier alpha value is -1.55. The average molecular weight is 256 g/mol. The van der Waals surface area contributed by atoms with E-state index in [-0.39, 0.29) is 12.5 Å². The number of carbonyl (C=O) groups is 2. The van der Waals surface area contributed by atoms with Gasteiger partial charge in [0.15, 0.2) is 0 Å². The van der Waals surface area contributed by atoms with Gasteiger partial charge in [0.1, 0.15) is 0 Å². The van der Waals surface area contributed by atoms with Gasteiger partial charge in [0, 0.05) is 13.6 Å². The second-order valence-corrected chi connectivity index (χ2v) is 4.31. The van der Waals surface area contributed by atoms with Crippen molar-refractivity contribution in [2.45, 2.75) is 6.92 Å². The Kier molecular flexibility index (Phi) is 4.52. The summed E-state index contributed by atoms with van der Waals surface area (Å²) in [6.07, 6.45) is 0. The van der Waals surface area contributed by atoms with Crippen molar-refractivity contribution < 1.29 is 14.7 Å². The lowest BCUT2D eigenvalue weighted by Crippen LogP contribution is -2.33. The summed E-state index contributed by atoms with van der Waals surface area (Å²) in [6.45, 7) is 1.71. The lowest BCUT2D eigenvalue weighted by Gasteiger charge is -2.19. The maximum atomic E-state index is 12.0. The molecule has 17 heavy (non-hydrogen) atoms. The Morgan fingerprint density at radius 3 is 2.53 bits per heavy atom. The minimum Gasteiger partial charge on any atom is -0.481 e. The summed E-state index contributed by atoms with van der Waals surface area (Å²) in [6, 6.07) is 6.70. The zero-order valence-electron chi connectivity index (χ0n) is 9.68. The third kappa shape index (κ3) is 3.46. The van der Waals surface area contributed by atoms with Gasteiger partial charge in [-0.2, -0.15) is 0 Å². The minimum atomic E-state index is -0.927. The van der Waals surface area contributed by atoms with Crippen LogP contribution in [0.2, 0.25) is 5.02 Å². The lowest BCUT2D eigenvalue weighted by molar-refractivity contribution is -0.141. The highest BCUT2D eigenvalue weighted by Crippen LogP contribution is 2.17. The van der Waals surface area contributed by atoms with Gasteiger partial charge < -0.3 is 10.0 Å². The summed E-state index contributed by atoms with van der Waals surface area (Å²) in [5, 5.41) is 9.14. The first kappa shape index (κ1) is 13.5. The topological polar surface area (TPSA) is 57.6 Å². The number of nitrogens with zero attached hydrogens (tertiary/aromatic N) is 1. The van der Waals surface area contributed by atoms with Gasteiger partial charge in [0.05, 0.1) is 16.5 Å². The summed E-state index contributed by atoms with van der Waals surface area (Å²) in [5.74, 6) is -1.81. The SMILES string of the molecule is CC(CN(C)C(=O)c1ccccc1Cl)C(=O)O. The van der Waals surface area contributed by atoms with Crippen LogP contribution in [0, 0.1) is 5.92 Å². The molecule has 5 heteroatoms. The molecule has 1 N–H and O–H groups in total. The molecule has 0 spiro atoms. The number of aliphatic carboxylic acids is 1. The van der Waals surface area contributed by atoms with Crippen LogP contribution in [0.4, 0.5) is 0 Å². The molecule has 0 aliphatic heterocycles. The van der Waals surface area contributed by atoms with Gasteiger partial charge in [-0.3, -0.25) is 9.59 Å². The number of carboxylic acid groups (broad SMARTS) is 1. The Balaban J connectivity index is 2.77. The first-order chi connectivity index (χ1) is 7.93. The van der Waals surface area contributed by atoms with E-state index >= 15 is 0 Å². The second-order valence-electron chi connectivity index (χ2n) is 3.90. The maximum absolute atomic E-state index is 12.0. The number of carboxylic acids is 1. The van der Waals surface area contributed by atoms with Crippen molar-refractivity contribution in [1.82, 2.24) is 4.90 Å². The van der Waals surface area contributed by atoms with Gasteiger partial charge in [-0.1, -0.05) is 30.7 Å². The molecular formula is C12H14ClNO3. The van der Waals surface area contributed by atoms with Crippen LogP contribution in [0.15, 0.2) is 24.3 Å². The summed E-state index contributed by atoms with van der Waals surface area (Å²) in [4.78, 5) is 24.0. The van der Waals surface area contributed by atoms with Crippen molar-refractivity contribution >= 4 is 23.5 Å². The number of benzene rings is 1. The number of halogens is 1. The predicted molar refractivity (Wildman–Crippen MR) is 65.2 cm³/mol. The Morgan fingerprint density at radius 2 is 2.00 bits per heavy atom. The van der Waals surface area contributed by atoms with E-state index in [4.69, 9.17) is 16.7 Å². The highest BCUT2D eigenvalue weighted by molar-refractivity contribution is 6.33. The summed E-state index contributed by atoms with van der Waals surface area (Å²) >= 11 is 5.90. The van der Waals surface area contributed by atoms with Crippen LogP contribution in [0.1, 0.15) is 17.3 Å². The molecule has 0 aliphatic rings. The fourth-order valence-electron chi connectivity index (χ4n) is 1.41. The molecule has 1 unspecified atom stereocenters. The maximum Gasteiger partial charge on any atom is 0.308 e. The van der Waals surface area contributed by atoms with Crippen LogP contribution < -0.4 is 0 Å². The van der Waals surface area contributed by atoms with E-state index < -0.39 is 11.9 Å². The minimum absolute atomic E-state index is 0.152. The van der Waals surface area contributed by atoms with E-state index in [2.05, 4.69) is 0 Å². The highest BCUT2D eigenvalue weighted by Gasteiger charge is 2.19. The fourth-order valence-corrected chi connectivity index (χ4v) is 1.63. The molecule has 1 aromatic carbocycles. The van der Waals surface area contributed by atoms with Crippen molar-refractivity contribution in [1.29, 1.82) is 0 Å². The molecule has 0 fully saturated rings. The number of rotatable bonds is 4. The second kappa shape index (κ2) is 5.68. The van der Waals surface area contributed by atoms with Gasteiger partial charge in [0.2, 0.25) is 0 Å². The predicted octanol–water partition coefficient (Wildman–Crippen LogP) is 2.13. The Morgan fingerprint density at radius 1 is 1.41 bits per heavy atom. The molecule has 0 saturated heterocycles. The van der Waals surface area contributed by atoms with E-state index in [0.29, 0.717) is 10.6 Å². The van der Waals surface area contributed by atoms with Crippen LogP contribution in [0.25, 0.3) is 0 Å². The fraction of sp³-hybridized carbons (Fsp3) is 0.333. The first-order valence-electron chi connectivity index (χ1n) is 5.16. The van der Waals surface area contributed by atoms with E-state index in [1.54, 1.807) is 38.2 Å². The van der Waals surface area contributed by atoms with E-state index in [1.165, 1.54) is 4.90 Å². The van der Waals surface area contributed by atoms with Crippen LogP contribution in [0.5, 0.6) is 0 Å². The molecule has 0 saturated carbocycles. The smallest absolute Gasteiger partial charge is 0.308 e. The summed E-state index contributed by atoms with van der Waals surface area (Å²) in [5.41, 5.74) is 0.384. The van der Waals surface area contributed by atoms with Gasteiger partial charge in [-0.05, 0) is 12.1 Å². The van der Waals surface area contributed by atoms with Gasteiger partial charge in [-0.15, -0.1) is 0 Å². The number of hydrogen-bond acceptors (Lipinski definition) is 2. The third-order valence-electron chi connectivity index (χ3n) is 2.42. The Bertz CT molecular complexity index is 434. The first-order valence-corrected chi connectivity index (χ1v) is 5.54. The molecule has 0 radical (unpaired) electrons. The van der Waals surface area contributed by atoms with Crippen LogP contribution >= 0.6 is 11.6 Å². The molecule has 92 valence electrons. The van der Waals surface area contributed by atoms with E-state index in [1.807, 2.05) is 0 Å². The lowest BCUT2D eigenvalue weighted by atomic mass is 10.1. The quantitative estimate of drug-likeness (QED) is 0.897. The van der Waals surface area contributed by atoms with Crippen molar-refractivity contribution in [3.05, 3.63) is 34.9 Å². The van der Waals surface area contributed by atoms with Crippen molar-refractivity contribution in [3.63, 3.8) is 0 Å². The zero-order chi connectivity index (χ0) is 13.0. The van der Waals surface area contributed by atoms with E-state index in [0.717, 1.165) is 0 Å². The summed E-state index contributed by atoms with van der Waals surface area (Å²) in [7, 11) is 1.56. The Labute approximate surface area is 105 Å². The summed E-state index contributed by atoms with van der Waals surface area (Å²) < 4.78 is 0. The van der Waals surface area contributed by atoms with Crippen LogP contribution in [-0.4, -0.2) is 35.5 Å². The van der Waals surface area contributed by atoms with Crippen molar-refractivity contribution in [3.8, 4) is 0 Å². The van der Waals surface area contributed by atoms with Crippen LogP contribution in [0.3, 0.4) is 0 Å².